The molecule has 2 rings (SSSR count). The predicted octanol–water partition coefficient (Wildman–Crippen LogP) is 3.23. The smallest absolute Gasteiger partial charge is 0.0440 e. The lowest BCUT2D eigenvalue weighted by Gasteiger charge is -2.35. The number of benzene rings is 1. The standard InChI is InChI=1S/C13H19NS/c1-3-12-9-15-10(2)13(14-12)11-7-5-4-6-8-11/h4-8,10,12-14H,3,9H2,1-2H3. The van der Waals surface area contributed by atoms with Gasteiger partial charge in [-0.15, -0.1) is 0 Å². The highest BCUT2D eigenvalue weighted by atomic mass is 32.2. The van der Waals surface area contributed by atoms with E-state index in [0.717, 1.165) is 0 Å². The molecule has 0 spiro atoms. The Labute approximate surface area is 96.7 Å². The van der Waals surface area contributed by atoms with Crippen LogP contribution in [0.25, 0.3) is 0 Å². The Balaban J connectivity index is 2.13. The lowest BCUT2D eigenvalue weighted by molar-refractivity contribution is 0.432. The highest BCUT2D eigenvalue weighted by Gasteiger charge is 2.27. The molecule has 82 valence electrons. The molecule has 0 aromatic heterocycles. The van der Waals surface area contributed by atoms with Crippen molar-refractivity contribution in [2.75, 3.05) is 5.75 Å². The van der Waals surface area contributed by atoms with E-state index < -0.39 is 0 Å². The van der Waals surface area contributed by atoms with Gasteiger partial charge in [0, 0.05) is 23.1 Å². The van der Waals surface area contributed by atoms with E-state index in [2.05, 4.69) is 61.3 Å². The lowest BCUT2D eigenvalue weighted by Crippen LogP contribution is -2.43. The van der Waals surface area contributed by atoms with E-state index in [0.29, 0.717) is 17.3 Å². The first-order valence-electron chi connectivity index (χ1n) is 5.74. The monoisotopic (exact) mass is 221 g/mol. The van der Waals surface area contributed by atoms with Crippen LogP contribution in [0.3, 0.4) is 0 Å². The van der Waals surface area contributed by atoms with Crippen LogP contribution in [0, 0.1) is 0 Å². The van der Waals surface area contributed by atoms with Crippen molar-refractivity contribution in [1.29, 1.82) is 0 Å². The molecule has 3 atom stereocenters. The fourth-order valence-electron chi connectivity index (χ4n) is 2.07. The third-order valence-corrected chi connectivity index (χ3v) is 4.49. The molecule has 1 aromatic rings. The summed E-state index contributed by atoms with van der Waals surface area (Å²) in [5.41, 5.74) is 1.43. The summed E-state index contributed by atoms with van der Waals surface area (Å²) in [6.45, 7) is 4.58. The van der Waals surface area contributed by atoms with E-state index in [4.69, 9.17) is 0 Å². The van der Waals surface area contributed by atoms with Gasteiger partial charge in [0.2, 0.25) is 0 Å². The Hall–Kier alpha value is -0.470. The van der Waals surface area contributed by atoms with Crippen LogP contribution >= 0.6 is 11.8 Å². The summed E-state index contributed by atoms with van der Waals surface area (Å²) in [6, 6.07) is 12.0. The summed E-state index contributed by atoms with van der Waals surface area (Å²) in [4.78, 5) is 0. The van der Waals surface area contributed by atoms with Crippen LogP contribution in [0.15, 0.2) is 30.3 Å². The zero-order chi connectivity index (χ0) is 10.7. The molecule has 1 saturated heterocycles. The van der Waals surface area contributed by atoms with Gasteiger partial charge >= 0.3 is 0 Å². The Bertz CT molecular complexity index is 299. The van der Waals surface area contributed by atoms with Gasteiger partial charge in [-0.05, 0) is 12.0 Å². The van der Waals surface area contributed by atoms with Gasteiger partial charge in [-0.1, -0.05) is 44.2 Å². The second-order valence-electron chi connectivity index (χ2n) is 4.20. The van der Waals surface area contributed by atoms with Crippen molar-refractivity contribution in [2.45, 2.75) is 37.6 Å². The number of rotatable bonds is 2. The van der Waals surface area contributed by atoms with E-state index in [-0.39, 0.29) is 0 Å². The van der Waals surface area contributed by atoms with Crippen molar-refractivity contribution in [3.8, 4) is 0 Å². The maximum absolute atomic E-state index is 3.75. The van der Waals surface area contributed by atoms with Gasteiger partial charge in [-0.2, -0.15) is 11.8 Å². The fraction of sp³-hybridized carbons (Fsp3) is 0.538. The van der Waals surface area contributed by atoms with Crippen LogP contribution in [0.2, 0.25) is 0 Å². The zero-order valence-corrected chi connectivity index (χ0v) is 10.3. The van der Waals surface area contributed by atoms with Crippen LogP contribution in [-0.4, -0.2) is 17.0 Å². The van der Waals surface area contributed by atoms with E-state index in [1.807, 2.05) is 0 Å². The first kappa shape index (κ1) is 11.0. The average molecular weight is 221 g/mol. The first-order chi connectivity index (χ1) is 7.31. The minimum Gasteiger partial charge on any atom is -0.305 e. The number of nitrogens with one attached hydrogen (secondary N) is 1. The SMILES string of the molecule is CCC1CSC(C)C(c2ccccc2)N1. The minimum absolute atomic E-state index is 0.523. The van der Waals surface area contributed by atoms with Gasteiger partial charge in [0.15, 0.2) is 0 Å². The molecule has 0 radical (unpaired) electrons. The van der Waals surface area contributed by atoms with Gasteiger partial charge in [-0.25, -0.2) is 0 Å². The molecular formula is C13H19NS. The lowest BCUT2D eigenvalue weighted by atomic mass is 10.0. The Kier molecular flexibility index (Phi) is 3.71. The molecular weight excluding hydrogens is 202 g/mol. The Morgan fingerprint density at radius 2 is 2.07 bits per heavy atom. The van der Waals surface area contributed by atoms with Crippen LogP contribution in [0.4, 0.5) is 0 Å². The van der Waals surface area contributed by atoms with Crippen LogP contribution < -0.4 is 5.32 Å². The molecule has 0 aliphatic carbocycles. The second kappa shape index (κ2) is 5.04. The molecule has 1 aliphatic rings. The molecule has 0 amide bonds. The van der Waals surface area contributed by atoms with Gasteiger partial charge in [0.1, 0.15) is 0 Å². The Morgan fingerprint density at radius 3 is 2.73 bits per heavy atom. The topological polar surface area (TPSA) is 12.0 Å². The van der Waals surface area contributed by atoms with Crippen molar-refractivity contribution >= 4 is 11.8 Å². The molecule has 15 heavy (non-hydrogen) atoms. The number of hydrogen-bond donors (Lipinski definition) is 1. The van der Waals surface area contributed by atoms with Gasteiger partial charge in [0.25, 0.3) is 0 Å². The van der Waals surface area contributed by atoms with Crippen LogP contribution in [-0.2, 0) is 0 Å². The summed E-state index contributed by atoms with van der Waals surface area (Å²) in [6.07, 6.45) is 1.23. The number of hydrogen-bond acceptors (Lipinski definition) is 2. The maximum Gasteiger partial charge on any atom is 0.0440 e. The van der Waals surface area contributed by atoms with E-state index in [1.54, 1.807) is 0 Å². The van der Waals surface area contributed by atoms with Crippen LogP contribution in [0.1, 0.15) is 31.9 Å². The molecule has 0 saturated carbocycles. The number of thioether (sulfide) groups is 1. The fourth-order valence-corrected chi connectivity index (χ4v) is 3.36. The zero-order valence-electron chi connectivity index (χ0n) is 9.44. The Morgan fingerprint density at radius 1 is 1.33 bits per heavy atom. The third kappa shape index (κ3) is 2.56. The van der Waals surface area contributed by atoms with Gasteiger partial charge in [0.05, 0.1) is 0 Å². The van der Waals surface area contributed by atoms with Crippen molar-refractivity contribution in [2.24, 2.45) is 0 Å². The van der Waals surface area contributed by atoms with Crippen LogP contribution in [0.5, 0.6) is 0 Å². The largest absolute Gasteiger partial charge is 0.305 e. The maximum atomic E-state index is 3.75. The van der Waals surface area contributed by atoms with E-state index in [1.165, 1.54) is 17.7 Å². The highest BCUT2D eigenvalue weighted by Crippen LogP contribution is 2.32. The molecule has 1 N–H and O–H groups in total. The summed E-state index contributed by atoms with van der Waals surface area (Å²) >= 11 is 2.09. The molecule has 1 heterocycles. The van der Waals surface area contributed by atoms with Crippen molar-refractivity contribution in [3.05, 3.63) is 35.9 Å². The molecule has 3 unspecified atom stereocenters. The quantitative estimate of drug-likeness (QED) is 0.823. The molecule has 1 aromatic carbocycles. The van der Waals surface area contributed by atoms with Crippen molar-refractivity contribution < 1.29 is 0 Å². The molecule has 1 nitrogen and oxygen atoms in total. The molecule has 1 fully saturated rings. The summed E-state index contributed by atoms with van der Waals surface area (Å²) < 4.78 is 0. The van der Waals surface area contributed by atoms with E-state index >= 15 is 0 Å². The van der Waals surface area contributed by atoms with Gasteiger partial charge < -0.3 is 5.32 Å². The molecule has 1 aliphatic heterocycles. The third-order valence-electron chi connectivity index (χ3n) is 3.10. The highest BCUT2D eigenvalue weighted by molar-refractivity contribution is 8.00. The van der Waals surface area contributed by atoms with E-state index in [9.17, 15) is 0 Å². The molecule has 2 heteroatoms. The molecule has 0 bridgehead atoms. The summed E-state index contributed by atoms with van der Waals surface area (Å²) in [5.74, 6) is 1.25. The van der Waals surface area contributed by atoms with Crippen molar-refractivity contribution in [1.82, 2.24) is 5.32 Å². The van der Waals surface area contributed by atoms with Crippen molar-refractivity contribution in [3.63, 3.8) is 0 Å². The summed E-state index contributed by atoms with van der Waals surface area (Å²) in [5, 5.41) is 4.42. The summed E-state index contributed by atoms with van der Waals surface area (Å²) in [7, 11) is 0. The average Bonchev–Trinajstić information content (AvgIpc) is 2.31. The normalized spacial score (nSPS) is 31.5. The second-order valence-corrected chi connectivity index (χ2v) is 5.61. The minimum atomic E-state index is 0.523. The predicted molar refractivity (Wildman–Crippen MR) is 68.3 cm³/mol. The van der Waals surface area contributed by atoms with Gasteiger partial charge in [-0.3, -0.25) is 0 Å². The first-order valence-corrected chi connectivity index (χ1v) is 6.78.